The molecule has 0 aromatic heterocycles. The van der Waals surface area contributed by atoms with Crippen molar-refractivity contribution in [1.29, 1.82) is 0 Å². The van der Waals surface area contributed by atoms with Crippen LogP contribution in [0.15, 0.2) is 34.1 Å². The lowest BCUT2D eigenvalue weighted by molar-refractivity contribution is 0.341. The molecule has 21 heavy (non-hydrogen) atoms. The van der Waals surface area contributed by atoms with Crippen molar-refractivity contribution in [2.24, 2.45) is 0 Å². The Hall–Kier alpha value is -0.630. The molecule has 0 aliphatic carbocycles. The van der Waals surface area contributed by atoms with Crippen LogP contribution in [0.4, 0.5) is 0 Å². The average molecular weight is 354 g/mol. The number of benzene rings is 1. The molecule has 1 rings (SSSR count). The number of rotatable bonds is 7. The standard InChI is InChI=1S/C13H20ClNO4S2/c1-4-13(5-2,6-3)15-21(18,19)12-9-7-11(8-10-12)20(14,16)17/h7-10,15H,4-6H2,1-3H3. The van der Waals surface area contributed by atoms with E-state index in [0.29, 0.717) is 19.3 Å². The van der Waals surface area contributed by atoms with Gasteiger partial charge in [0.2, 0.25) is 10.0 Å². The van der Waals surface area contributed by atoms with Gasteiger partial charge in [-0.25, -0.2) is 21.6 Å². The molecule has 1 aromatic carbocycles. The summed E-state index contributed by atoms with van der Waals surface area (Å²) >= 11 is 0. The van der Waals surface area contributed by atoms with Crippen molar-refractivity contribution >= 4 is 29.8 Å². The summed E-state index contributed by atoms with van der Waals surface area (Å²) in [6.07, 6.45) is 2.02. The molecule has 0 aliphatic heterocycles. The molecule has 1 N–H and O–H groups in total. The van der Waals surface area contributed by atoms with Crippen molar-refractivity contribution in [3.63, 3.8) is 0 Å². The summed E-state index contributed by atoms with van der Waals surface area (Å²) in [5, 5.41) is 0. The lowest BCUT2D eigenvalue weighted by Gasteiger charge is -2.31. The molecular weight excluding hydrogens is 334 g/mol. The highest BCUT2D eigenvalue weighted by molar-refractivity contribution is 8.13. The zero-order valence-electron chi connectivity index (χ0n) is 12.3. The van der Waals surface area contributed by atoms with Crippen LogP contribution in [0.2, 0.25) is 0 Å². The Bertz CT molecular complexity index is 669. The summed E-state index contributed by atoms with van der Waals surface area (Å²) < 4.78 is 49.8. The van der Waals surface area contributed by atoms with Crippen LogP contribution in [0, 0.1) is 0 Å². The van der Waals surface area contributed by atoms with E-state index < -0.39 is 24.6 Å². The van der Waals surface area contributed by atoms with Gasteiger partial charge in [-0.05, 0) is 43.5 Å². The van der Waals surface area contributed by atoms with Gasteiger partial charge in [0.1, 0.15) is 0 Å². The van der Waals surface area contributed by atoms with Crippen molar-refractivity contribution in [2.45, 2.75) is 55.4 Å². The molecule has 0 fully saturated rings. The number of nitrogens with one attached hydrogen (secondary N) is 1. The summed E-state index contributed by atoms with van der Waals surface area (Å²) in [5.74, 6) is 0. The third-order valence-corrected chi connectivity index (χ3v) is 6.76. The van der Waals surface area contributed by atoms with E-state index in [1.54, 1.807) is 0 Å². The van der Waals surface area contributed by atoms with Gasteiger partial charge in [0.25, 0.3) is 9.05 Å². The maximum atomic E-state index is 12.4. The Morgan fingerprint density at radius 3 is 1.62 bits per heavy atom. The molecule has 0 atom stereocenters. The van der Waals surface area contributed by atoms with E-state index >= 15 is 0 Å². The molecule has 0 unspecified atom stereocenters. The van der Waals surface area contributed by atoms with Crippen LogP contribution in [-0.4, -0.2) is 22.4 Å². The molecule has 8 heteroatoms. The number of sulfonamides is 1. The molecule has 0 radical (unpaired) electrons. The molecular formula is C13H20ClNO4S2. The van der Waals surface area contributed by atoms with Gasteiger partial charge in [0.05, 0.1) is 9.79 Å². The van der Waals surface area contributed by atoms with E-state index in [-0.39, 0.29) is 9.79 Å². The third kappa shape index (κ3) is 4.42. The quantitative estimate of drug-likeness (QED) is 0.764. The second kappa shape index (κ2) is 6.64. The molecule has 0 saturated heterocycles. The number of hydrogen-bond donors (Lipinski definition) is 1. The molecule has 0 heterocycles. The number of hydrogen-bond acceptors (Lipinski definition) is 4. The summed E-state index contributed by atoms with van der Waals surface area (Å²) in [6.45, 7) is 5.79. The van der Waals surface area contributed by atoms with Crippen LogP contribution in [0.5, 0.6) is 0 Å². The van der Waals surface area contributed by atoms with E-state index in [9.17, 15) is 16.8 Å². The average Bonchev–Trinajstić information content (AvgIpc) is 2.44. The first-order valence-corrected chi connectivity index (χ1v) is 10.5. The monoisotopic (exact) mass is 353 g/mol. The Morgan fingerprint density at radius 1 is 0.905 bits per heavy atom. The van der Waals surface area contributed by atoms with E-state index in [2.05, 4.69) is 4.72 Å². The minimum Gasteiger partial charge on any atom is -0.207 e. The zero-order chi connectivity index (χ0) is 16.3. The first-order valence-electron chi connectivity index (χ1n) is 6.69. The maximum absolute atomic E-state index is 12.4. The molecule has 1 aromatic rings. The van der Waals surface area contributed by atoms with Crippen molar-refractivity contribution < 1.29 is 16.8 Å². The molecule has 0 aliphatic rings. The smallest absolute Gasteiger partial charge is 0.207 e. The van der Waals surface area contributed by atoms with E-state index in [0.717, 1.165) is 0 Å². The molecule has 5 nitrogen and oxygen atoms in total. The molecule has 0 spiro atoms. The third-order valence-electron chi connectivity index (χ3n) is 3.80. The Balaban J connectivity index is 3.14. The summed E-state index contributed by atoms with van der Waals surface area (Å²) in [4.78, 5) is -0.109. The Morgan fingerprint density at radius 2 is 1.29 bits per heavy atom. The minimum absolute atomic E-state index is 0.0197. The summed E-state index contributed by atoms with van der Waals surface area (Å²) in [5.41, 5.74) is -0.490. The molecule has 120 valence electrons. The Kier molecular flexibility index (Phi) is 5.83. The lowest BCUT2D eigenvalue weighted by atomic mass is 9.91. The van der Waals surface area contributed by atoms with Gasteiger partial charge in [0.15, 0.2) is 0 Å². The van der Waals surface area contributed by atoms with Gasteiger partial charge in [0, 0.05) is 16.2 Å². The fourth-order valence-electron chi connectivity index (χ4n) is 2.09. The maximum Gasteiger partial charge on any atom is 0.261 e. The highest BCUT2D eigenvalue weighted by atomic mass is 35.7. The molecule has 0 bridgehead atoms. The summed E-state index contributed by atoms with van der Waals surface area (Å²) in [6, 6.07) is 4.84. The fraction of sp³-hybridized carbons (Fsp3) is 0.538. The SMILES string of the molecule is CCC(CC)(CC)NS(=O)(=O)c1ccc(S(=O)(=O)Cl)cc1. The van der Waals surface area contributed by atoms with Crippen LogP contribution >= 0.6 is 10.7 Å². The van der Waals surface area contributed by atoms with Gasteiger partial charge in [-0.2, -0.15) is 0 Å². The fourth-order valence-corrected chi connectivity index (χ4v) is 4.48. The molecule has 0 saturated carbocycles. The summed E-state index contributed by atoms with van der Waals surface area (Å²) in [7, 11) is -2.36. The highest BCUT2D eigenvalue weighted by Gasteiger charge is 2.30. The largest absolute Gasteiger partial charge is 0.261 e. The van der Waals surface area contributed by atoms with Crippen molar-refractivity contribution in [1.82, 2.24) is 4.72 Å². The van der Waals surface area contributed by atoms with Crippen LogP contribution in [-0.2, 0) is 19.1 Å². The van der Waals surface area contributed by atoms with Crippen LogP contribution < -0.4 is 4.72 Å². The van der Waals surface area contributed by atoms with Crippen LogP contribution in [0.3, 0.4) is 0 Å². The van der Waals surface area contributed by atoms with Gasteiger partial charge in [-0.3, -0.25) is 0 Å². The Labute approximate surface area is 131 Å². The first kappa shape index (κ1) is 18.4. The van der Waals surface area contributed by atoms with E-state index in [4.69, 9.17) is 10.7 Å². The van der Waals surface area contributed by atoms with E-state index in [1.165, 1.54) is 24.3 Å². The van der Waals surface area contributed by atoms with Crippen LogP contribution in [0.25, 0.3) is 0 Å². The van der Waals surface area contributed by atoms with Crippen molar-refractivity contribution in [2.75, 3.05) is 0 Å². The molecule has 0 amide bonds. The van der Waals surface area contributed by atoms with Gasteiger partial charge < -0.3 is 0 Å². The lowest BCUT2D eigenvalue weighted by Crippen LogP contribution is -2.46. The van der Waals surface area contributed by atoms with Gasteiger partial charge in [-0.15, -0.1) is 0 Å². The topological polar surface area (TPSA) is 80.3 Å². The number of halogens is 1. The predicted molar refractivity (Wildman–Crippen MR) is 83.4 cm³/mol. The second-order valence-corrected chi connectivity index (χ2v) is 9.10. The van der Waals surface area contributed by atoms with Crippen LogP contribution in [0.1, 0.15) is 40.0 Å². The highest BCUT2D eigenvalue weighted by Crippen LogP contribution is 2.24. The van der Waals surface area contributed by atoms with E-state index in [1.807, 2.05) is 20.8 Å². The predicted octanol–water partition coefficient (Wildman–Crippen LogP) is 2.86. The van der Waals surface area contributed by atoms with Gasteiger partial charge in [-0.1, -0.05) is 20.8 Å². The first-order chi connectivity index (χ1) is 9.60. The second-order valence-electron chi connectivity index (χ2n) is 4.86. The van der Waals surface area contributed by atoms with Crippen molar-refractivity contribution in [3.8, 4) is 0 Å². The van der Waals surface area contributed by atoms with Crippen molar-refractivity contribution in [3.05, 3.63) is 24.3 Å². The van der Waals surface area contributed by atoms with Gasteiger partial charge >= 0.3 is 0 Å². The zero-order valence-corrected chi connectivity index (χ0v) is 14.6. The minimum atomic E-state index is -3.86. The normalized spacial score (nSPS) is 13.3.